The van der Waals surface area contributed by atoms with Crippen molar-refractivity contribution in [3.05, 3.63) is 66.4 Å². The van der Waals surface area contributed by atoms with E-state index in [1.807, 2.05) is 0 Å². The van der Waals surface area contributed by atoms with Gasteiger partial charge in [-0.25, -0.2) is 18.2 Å². The summed E-state index contributed by atoms with van der Waals surface area (Å²) < 4.78 is 27.1. The molecular formula is C18H15N5O5S. The summed E-state index contributed by atoms with van der Waals surface area (Å²) in [6, 6.07) is 12.5. The quantitative estimate of drug-likeness (QED) is 0.355. The maximum Gasteiger partial charge on any atom is 0.339 e. The van der Waals surface area contributed by atoms with E-state index in [0.29, 0.717) is 5.69 Å². The van der Waals surface area contributed by atoms with Gasteiger partial charge in [-0.1, -0.05) is 6.07 Å². The lowest BCUT2D eigenvalue weighted by molar-refractivity contribution is 0.0694. The van der Waals surface area contributed by atoms with Crippen LogP contribution in [0.5, 0.6) is 5.75 Å². The molecule has 2 aromatic carbocycles. The van der Waals surface area contributed by atoms with Gasteiger partial charge in [0.15, 0.2) is 0 Å². The summed E-state index contributed by atoms with van der Waals surface area (Å²) in [5.74, 6) is -1.63. The van der Waals surface area contributed by atoms with Crippen LogP contribution in [0.4, 0.5) is 22.9 Å². The number of anilines is 2. The molecule has 0 bridgehead atoms. The van der Waals surface area contributed by atoms with Crippen LogP contribution in [-0.4, -0.2) is 29.6 Å². The molecule has 3 aromatic rings. The lowest BCUT2D eigenvalue weighted by Crippen LogP contribution is -2.13. The predicted octanol–water partition coefficient (Wildman–Crippen LogP) is 3.28. The van der Waals surface area contributed by atoms with E-state index in [-0.39, 0.29) is 27.7 Å². The van der Waals surface area contributed by atoms with Gasteiger partial charge in [-0.05, 0) is 42.5 Å². The van der Waals surface area contributed by atoms with Crippen molar-refractivity contribution >= 4 is 38.9 Å². The SMILES string of the molecule is Nc1cc(O)c(C(=O)O)cc1N=Nc1ccc(S(=O)(=O)Nc2ccccn2)cc1. The average molecular weight is 413 g/mol. The van der Waals surface area contributed by atoms with Crippen LogP contribution in [0, 0.1) is 0 Å². The van der Waals surface area contributed by atoms with E-state index in [0.717, 1.165) is 12.1 Å². The molecule has 0 aliphatic rings. The molecule has 0 saturated heterocycles. The largest absolute Gasteiger partial charge is 0.507 e. The topological polar surface area (TPSA) is 167 Å². The Hall–Kier alpha value is -3.99. The van der Waals surface area contributed by atoms with E-state index in [9.17, 15) is 18.3 Å². The summed E-state index contributed by atoms with van der Waals surface area (Å²) in [6.45, 7) is 0. The fourth-order valence-corrected chi connectivity index (χ4v) is 3.28. The highest BCUT2D eigenvalue weighted by atomic mass is 32.2. The number of rotatable bonds is 6. The highest BCUT2D eigenvalue weighted by Gasteiger charge is 2.15. The van der Waals surface area contributed by atoms with E-state index < -0.39 is 21.7 Å². The second kappa shape index (κ2) is 7.94. The Balaban J connectivity index is 1.81. The Kier molecular flexibility index (Phi) is 5.41. The molecule has 0 saturated carbocycles. The zero-order valence-corrected chi connectivity index (χ0v) is 15.5. The number of nitrogens with one attached hydrogen (secondary N) is 1. The molecule has 148 valence electrons. The smallest absolute Gasteiger partial charge is 0.339 e. The number of nitrogens with zero attached hydrogens (tertiary/aromatic N) is 3. The third kappa shape index (κ3) is 4.65. The second-order valence-electron chi connectivity index (χ2n) is 5.75. The van der Waals surface area contributed by atoms with Crippen molar-refractivity contribution < 1.29 is 23.4 Å². The zero-order chi connectivity index (χ0) is 21.0. The molecular weight excluding hydrogens is 398 g/mol. The van der Waals surface area contributed by atoms with Crippen LogP contribution in [0.3, 0.4) is 0 Å². The van der Waals surface area contributed by atoms with Gasteiger partial charge in [-0.15, -0.1) is 5.11 Å². The first-order valence-corrected chi connectivity index (χ1v) is 9.56. The van der Waals surface area contributed by atoms with Crippen LogP contribution >= 0.6 is 0 Å². The number of pyridine rings is 1. The van der Waals surface area contributed by atoms with Crippen molar-refractivity contribution in [1.29, 1.82) is 0 Å². The van der Waals surface area contributed by atoms with Crippen LogP contribution in [-0.2, 0) is 10.0 Å². The van der Waals surface area contributed by atoms with Crippen LogP contribution in [0.2, 0.25) is 0 Å². The predicted molar refractivity (Wildman–Crippen MR) is 105 cm³/mol. The van der Waals surface area contributed by atoms with Gasteiger partial charge in [0.05, 0.1) is 16.3 Å². The monoisotopic (exact) mass is 413 g/mol. The molecule has 0 fully saturated rings. The highest BCUT2D eigenvalue weighted by molar-refractivity contribution is 7.92. The van der Waals surface area contributed by atoms with Gasteiger partial charge in [-0.2, -0.15) is 5.11 Å². The number of aromatic hydroxyl groups is 1. The van der Waals surface area contributed by atoms with Crippen LogP contribution in [0.15, 0.2) is 75.9 Å². The molecule has 0 aliphatic heterocycles. The summed E-state index contributed by atoms with van der Waals surface area (Å²) in [5.41, 5.74) is 5.74. The number of nitrogens with two attached hydrogens (primary N) is 1. The molecule has 29 heavy (non-hydrogen) atoms. The molecule has 1 aromatic heterocycles. The normalized spacial score (nSPS) is 11.4. The van der Waals surface area contributed by atoms with E-state index in [1.165, 1.54) is 36.5 Å². The first kappa shape index (κ1) is 19.8. The van der Waals surface area contributed by atoms with E-state index in [4.69, 9.17) is 10.8 Å². The summed E-state index contributed by atoms with van der Waals surface area (Å²) in [7, 11) is -3.82. The molecule has 0 radical (unpaired) electrons. The summed E-state index contributed by atoms with van der Waals surface area (Å²) in [5, 5.41) is 26.4. The summed E-state index contributed by atoms with van der Waals surface area (Å²) in [4.78, 5) is 15.0. The molecule has 0 unspecified atom stereocenters. The third-order valence-corrected chi connectivity index (χ3v) is 5.07. The lowest BCUT2D eigenvalue weighted by Gasteiger charge is -2.07. The standard InChI is InChI=1S/C18H15N5O5S/c19-14-10-16(24)13(18(25)26)9-15(14)22-21-11-4-6-12(7-5-11)29(27,28)23-17-3-1-2-8-20-17/h1-10,24H,19H2,(H,20,23)(H,25,26). The van der Waals surface area contributed by atoms with E-state index >= 15 is 0 Å². The van der Waals surface area contributed by atoms with Gasteiger partial charge in [-0.3, -0.25) is 4.72 Å². The minimum absolute atomic E-state index is 0.000543. The van der Waals surface area contributed by atoms with Crippen molar-refractivity contribution in [3.8, 4) is 5.75 Å². The number of nitrogen functional groups attached to an aromatic ring is 1. The molecule has 0 spiro atoms. The Labute approximate surface area is 165 Å². The molecule has 0 atom stereocenters. The lowest BCUT2D eigenvalue weighted by atomic mass is 10.1. The number of carboxylic acid groups (broad SMARTS) is 1. The van der Waals surface area contributed by atoms with Gasteiger partial charge >= 0.3 is 5.97 Å². The number of benzene rings is 2. The van der Waals surface area contributed by atoms with Crippen molar-refractivity contribution in [2.75, 3.05) is 10.5 Å². The third-order valence-electron chi connectivity index (χ3n) is 3.70. The van der Waals surface area contributed by atoms with Gasteiger partial charge < -0.3 is 15.9 Å². The number of sulfonamides is 1. The number of hydrogen-bond acceptors (Lipinski definition) is 8. The summed E-state index contributed by atoms with van der Waals surface area (Å²) >= 11 is 0. The highest BCUT2D eigenvalue weighted by Crippen LogP contribution is 2.31. The minimum atomic E-state index is -3.82. The summed E-state index contributed by atoms with van der Waals surface area (Å²) in [6.07, 6.45) is 1.46. The molecule has 1 heterocycles. The Morgan fingerprint density at radius 2 is 1.79 bits per heavy atom. The first-order valence-electron chi connectivity index (χ1n) is 8.08. The fourth-order valence-electron chi connectivity index (χ4n) is 2.27. The van der Waals surface area contributed by atoms with E-state index in [2.05, 4.69) is 19.9 Å². The second-order valence-corrected chi connectivity index (χ2v) is 7.43. The molecule has 0 aliphatic carbocycles. The van der Waals surface area contributed by atoms with Gasteiger partial charge in [0.2, 0.25) is 0 Å². The van der Waals surface area contributed by atoms with Crippen LogP contribution < -0.4 is 10.5 Å². The van der Waals surface area contributed by atoms with Gasteiger partial charge in [0, 0.05) is 12.3 Å². The first-order chi connectivity index (χ1) is 13.8. The molecule has 5 N–H and O–H groups in total. The Morgan fingerprint density at radius 3 is 2.41 bits per heavy atom. The number of aromatic nitrogens is 1. The number of carbonyl (C=O) groups is 1. The van der Waals surface area contributed by atoms with Crippen molar-refractivity contribution in [1.82, 2.24) is 4.98 Å². The van der Waals surface area contributed by atoms with Gasteiger partial charge in [0.1, 0.15) is 22.8 Å². The maximum atomic E-state index is 12.4. The van der Waals surface area contributed by atoms with E-state index in [1.54, 1.807) is 12.1 Å². The Morgan fingerprint density at radius 1 is 1.07 bits per heavy atom. The van der Waals surface area contributed by atoms with Crippen LogP contribution in [0.1, 0.15) is 10.4 Å². The number of phenols is 1. The minimum Gasteiger partial charge on any atom is -0.507 e. The van der Waals surface area contributed by atoms with Gasteiger partial charge in [0.25, 0.3) is 10.0 Å². The molecule has 3 rings (SSSR count). The number of hydrogen-bond donors (Lipinski definition) is 4. The van der Waals surface area contributed by atoms with Crippen molar-refractivity contribution in [2.24, 2.45) is 10.2 Å². The number of aromatic carboxylic acids is 1. The van der Waals surface area contributed by atoms with Crippen molar-refractivity contribution in [2.45, 2.75) is 4.90 Å². The Bertz CT molecular complexity index is 1180. The molecule has 11 heteroatoms. The maximum absolute atomic E-state index is 12.4. The zero-order valence-electron chi connectivity index (χ0n) is 14.7. The van der Waals surface area contributed by atoms with Crippen molar-refractivity contribution in [3.63, 3.8) is 0 Å². The average Bonchev–Trinajstić information content (AvgIpc) is 2.68. The number of carboxylic acids is 1. The van der Waals surface area contributed by atoms with Crippen LogP contribution in [0.25, 0.3) is 0 Å². The molecule has 0 amide bonds. The number of azo groups is 1. The molecule has 10 nitrogen and oxygen atoms in total. The fraction of sp³-hybridized carbons (Fsp3) is 0.